The average molecular weight is 427 g/mol. The molecule has 0 bridgehead atoms. The van der Waals surface area contributed by atoms with Gasteiger partial charge in [-0.1, -0.05) is 48.0 Å². The molecule has 3 nitrogen and oxygen atoms in total. The van der Waals surface area contributed by atoms with Crippen molar-refractivity contribution in [1.29, 1.82) is 0 Å². The lowest BCUT2D eigenvalue weighted by Gasteiger charge is -2.12. The molecule has 0 aliphatic rings. The standard InChI is InChI=1S/C18H22FN3.HI/c1-14-6-5-7-15(12-14)10-11-21-18(20-2)22-13-16-8-3-4-9-17(16)19;/h3-9,12H,10-11,13H2,1-2H3,(H2,20,21,22);1H. The zero-order valence-electron chi connectivity index (χ0n) is 13.5. The lowest BCUT2D eigenvalue weighted by Crippen LogP contribution is -2.38. The Morgan fingerprint density at radius 3 is 2.57 bits per heavy atom. The van der Waals surface area contributed by atoms with Crippen LogP contribution < -0.4 is 10.6 Å². The van der Waals surface area contributed by atoms with Crippen LogP contribution in [0.15, 0.2) is 53.5 Å². The van der Waals surface area contributed by atoms with Gasteiger partial charge in [0, 0.05) is 25.7 Å². The Balaban J connectivity index is 0.00000264. The lowest BCUT2D eigenvalue weighted by atomic mass is 10.1. The predicted octanol–water partition coefficient (Wildman–Crippen LogP) is 3.66. The molecular weight excluding hydrogens is 404 g/mol. The molecule has 2 rings (SSSR count). The highest BCUT2D eigenvalue weighted by atomic mass is 127. The number of halogens is 2. The Morgan fingerprint density at radius 2 is 1.87 bits per heavy atom. The van der Waals surface area contributed by atoms with E-state index in [-0.39, 0.29) is 29.8 Å². The van der Waals surface area contributed by atoms with Crippen molar-refractivity contribution in [3.8, 4) is 0 Å². The minimum absolute atomic E-state index is 0. The van der Waals surface area contributed by atoms with Gasteiger partial charge in [-0.2, -0.15) is 0 Å². The molecule has 124 valence electrons. The fraction of sp³-hybridized carbons (Fsp3) is 0.278. The first-order chi connectivity index (χ1) is 10.7. The van der Waals surface area contributed by atoms with E-state index < -0.39 is 0 Å². The average Bonchev–Trinajstić information content (AvgIpc) is 2.52. The fourth-order valence-electron chi connectivity index (χ4n) is 2.23. The molecule has 2 aromatic rings. The van der Waals surface area contributed by atoms with Crippen LogP contribution in [-0.2, 0) is 13.0 Å². The molecule has 0 fully saturated rings. The van der Waals surface area contributed by atoms with Gasteiger partial charge >= 0.3 is 0 Å². The summed E-state index contributed by atoms with van der Waals surface area (Å²) in [6.45, 7) is 3.28. The second-order valence-electron chi connectivity index (χ2n) is 5.18. The van der Waals surface area contributed by atoms with Crippen LogP contribution in [0.25, 0.3) is 0 Å². The highest BCUT2D eigenvalue weighted by Crippen LogP contribution is 2.05. The van der Waals surface area contributed by atoms with Gasteiger partial charge in [0.25, 0.3) is 0 Å². The number of aryl methyl sites for hydroxylation is 1. The topological polar surface area (TPSA) is 36.4 Å². The third-order valence-corrected chi connectivity index (χ3v) is 3.42. The van der Waals surface area contributed by atoms with Gasteiger partial charge in [0.1, 0.15) is 5.82 Å². The number of hydrogen-bond donors (Lipinski definition) is 2. The summed E-state index contributed by atoms with van der Waals surface area (Å²) in [7, 11) is 1.71. The van der Waals surface area contributed by atoms with Crippen molar-refractivity contribution in [1.82, 2.24) is 10.6 Å². The summed E-state index contributed by atoms with van der Waals surface area (Å²) in [6.07, 6.45) is 0.919. The van der Waals surface area contributed by atoms with Gasteiger partial charge in [-0.05, 0) is 25.0 Å². The first kappa shape index (κ1) is 19.4. The Labute approximate surface area is 154 Å². The number of nitrogens with zero attached hydrogens (tertiary/aromatic N) is 1. The quantitative estimate of drug-likeness (QED) is 0.434. The van der Waals surface area contributed by atoms with Crippen LogP contribution in [0.3, 0.4) is 0 Å². The van der Waals surface area contributed by atoms with Crippen LogP contribution in [0, 0.1) is 12.7 Å². The minimum Gasteiger partial charge on any atom is -0.356 e. The molecule has 0 spiro atoms. The summed E-state index contributed by atoms with van der Waals surface area (Å²) in [5.41, 5.74) is 3.18. The number of aliphatic imine (C=N–C) groups is 1. The minimum atomic E-state index is -0.204. The number of guanidine groups is 1. The smallest absolute Gasteiger partial charge is 0.191 e. The zero-order chi connectivity index (χ0) is 15.8. The molecule has 2 aromatic carbocycles. The van der Waals surface area contributed by atoms with E-state index in [9.17, 15) is 4.39 Å². The molecule has 0 aliphatic carbocycles. The van der Waals surface area contributed by atoms with Gasteiger partial charge in [-0.15, -0.1) is 24.0 Å². The first-order valence-electron chi connectivity index (χ1n) is 7.42. The van der Waals surface area contributed by atoms with Crippen molar-refractivity contribution >= 4 is 29.9 Å². The van der Waals surface area contributed by atoms with E-state index >= 15 is 0 Å². The van der Waals surface area contributed by atoms with E-state index in [1.165, 1.54) is 17.2 Å². The first-order valence-corrected chi connectivity index (χ1v) is 7.42. The maximum absolute atomic E-state index is 13.6. The molecular formula is C18H23FIN3. The molecule has 23 heavy (non-hydrogen) atoms. The van der Waals surface area contributed by atoms with Crippen molar-refractivity contribution in [2.24, 2.45) is 4.99 Å². The lowest BCUT2D eigenvalue weighted by molar-refractivity contribution is 0.604. The Bertz CT molecular complexity index is 644. The molecule has 0 radical (unpaired) electrons. The summed E-state index contributed by atoms with van der Waals surface area (Å²) in [6, 6.07) is 15.2. The molecule has 0 saturated heterocycles. The van der Waals surface area contributed by atoms with E-state index in [1.807, 2.05) is 6.07 Å². The second kappa shape index (κ2) is 10.2. The van der Waals surface area contributed by atoms with Crippen molar-refractivity contribution in [3.05, 3.63) is 71.0 Å². The molecule has 0 unspecified atom stereocenters. The number of nitrogens with one attached hydrogen (secondary N) is 2. The second-order valence-corrected chi connectivity index (χ2v) is 5.18. The van der Waals surface area contributed by atoms with Gasteiger partial charge in [0.05, 0.1) is 0 Å². The maximum atomic E-state index is 13.6. The number of hydrogen-bond acceptors (Lipinski definition) is 1. The molecule has 0 aliphatic heterocycles. The largest absolute Gasteiger partial charge is 0.356 e. The molecule has 0 saturated carbocycles. The van der Waals surface area contributed by atoms with Gasteiger partial charge in [-0.25, -0.2) is 4.39 Å². The van der Waals surface area contributed by atoms with Crippen molar-refractivity contribution in [2.45, 2.75) is 19.9 Å². The number of rotatable bonds is 5. The number of benzene rings is 2. The van der Waals surface area contributed by atoms with Gasteiger partial charge in [0.15, 0.2) is 5.96 Å². The van der Waals surface area contributed by atoms with Crippen LogP contribution in [-0.4, -0.2) is 19.6 Å². The van der Waals surface area contributed by atoms with Crippen LogP contribution >= 0.6 is 24.0 Å². The molecule has 0 aromatic heterocycles. The van der Waals surface area contributed by atoms with Crippen LogP contribution in [0.2, 0.25) is 0 Å². The Kier molecular flexibility index (Phi) is 8.61. The van der Waals surface area contributed by atoms with E-state index in [0.717, 1.165) is 13.0 Å². The Hall–Kier alpha value is -1.63. The van der Waals surface area contributed by atoms with Crippen molar-refractivity contribution in [3.63, 3.8) is 0 Å². The normalized spacial score (nSPS) is 10.8. The van der Waals surface area contributed by atoms with Crippen LogP contribution in [0.4, 0.5) is 4.39 Å². The SMILES string of the molecule is CN=C(NCCc1cccc(C)c1)NCc1ccccc1F.I. The van der Waals surface area contributed by atoms with Gasteiger partial charge < -0.3 is 10.6 Å². The molecule has 2 N–H and O–H groups in total. The predicted molar refractivity (Wildman–Crippen MR) is 105 cm³/mol. The third-order valence-electron chi connectivity index (χ3n) is 3.42. The zero-order valence-corrected chi connectivity index (χ0v) is 15.8. The van der Waals surface area contributed by atoms with E-state index in [4.69, 9.17) is 0 Å². The van der Waals surface area contributed by atoms with Crippen molar-refractivity contribution < 1.29 is 4.39 Å². The van der Waals surface area contributed by atoms with E-state index in [2.05, 4.69) is 46.8 Å². The molecule has 0 heterocycles. The third kappa shape index (κ3) is 6.56. The molecule has 5 heteroatoms. The summed E-state index contributed by atoms with van der Waals surface area (Å²) in [5, 5.41) is 6.37. The summed E-state index contributed by atoms with van der Waals surface area (Å²) < 4.78 is 13.6. The molecule has 0 amide bonds. The molecule has 0 atom stereocenters. The van der Waals surface area contributed by atoms with Gasteiger partial charge in [0.2, 0.25) is 0 Å². The van der Waals surface area contributed by atoms with Gasteiger partial charge in [-0.3, -0.25) is 4.99 Å². The monoisotopic (exact) mass is 427 g/mol. The maximum Gasteiger partial charge on any atom is 0.191 e. The van der Waals surface area contributed by atoms with Crippen molar-refractivity contribution in [2.75, 3.05) is 13.6 Å². The summed E-state index contributed by atoms with van der Waals surface area (Å²) in [5.74, 6) is 0.473. The van der Waals surface area contributed by atoms with Crippen LogP contribution in [0.1, 0.15) is 16.7 Å². The van der Waals surface area contributed by atoms with E-state index in [1.54, 1.807) is 19.2 Å². The fourth-order valence-corrected chi connectivity index (χ4v) is 2.23. The highest BCUT2D eigenvalue weighted by Gasteiger charge is 2.02. The highest BCUT2D eigenvalue weighted by molar-refractivity contribution is 14.0. The Morgan fingerprint density at radius 1 is 1.09 bits per heavy atom. The van der Waals surface area contributed by atoms with E-state index in [0.29, 0.717) is 18.1 Å². The summed E-state index contributed by atoms with van der Waals surface area (Å²) in [4.78, 5) is 4.15. The summed E-state index contributed by atoms with van der Waals surface area (Å²) >= 11 is 0. The van der Waals surface area contributed by atoms with Crippen LogP contribution in [0.5, 0.6) is 0 Å².